The lowest BCUT2D eigenvalue weighted by atomic mass is 10.0. The fraction of sp³-hybridized carbons (Fsp3) is 0.267. The Morgan fingerprint density at radius 1 is 1.17 bits per heavy atom. The molecular formula is C15H16FNO. The molecule has 0 aliphatic rings. The second-order valence-electron chi connectivity index (χ2n) is 4.32. The highest BCUT2D eigenvalue weighted by Crippen LogP contribution is 2.19. The van der Waals surface area contributed by atoms with E-state index in [2.05, 4.69) is 4.98 Å². The summed E-state index contributed by atoms with van der Waals surface area (Å²) in [7, 11) is 0. The molecule has 2 nitrogen and oxygen atoms in total. The summed E-state index contributed by atoms with van der Waals surface area (Å²) in [6.07, 6.45) is 5.50. The van der Waals surface area contributed by atoms with Crippen LogP contribution in [0.1, 0.15) is 30.1 Å². The number of pyridine rings is 1. The van der Waals surface area contributed by atoms with E-state index in [4.69, 9.17) is 0 Å². The van der Waals surface area contributed by atoms with Crippen LogP contribution in [0.25, 0.3) is 0 Å². The Morgan fingerprint density at radius 3 is 2.61 bits per heavy atom. The molecule has 1 aromatic heterocycles. The third-order valence-electron chi connectivity index (χ3n) is 2.92. The van der Waals surface area contributed by atoms with Crippen LogP contribution in [0.2, 0.25) is 0 Å². The van der Waals surface area contributed by atoms with Crippen LogP contribution in [-0.2, 0) is 6.42 Å². The van der Waals surface area contributed by atoms with Gasteiger partial charge in [0.1, 0.15) is 5.82 Å². The van der Waals surface area contributed by atoms with E-state index in [1.807, 2.05) is 18.3 Å². The summed E-state index contributed by atoms with van der Waals surface area (Å²) < 4.78 is 12.7. The molecular weight excluding hydrogens is 229 g/mol. The maximum atomic E-state index is 12.7. The van der Waals surface area contributed by atoms with Gasteiger partial charge in [-0.15, -0.1) is 0 Å². The Morgan fingerprint density at radius 2 is 1.94 bits per heavy atom. The number of hydrogen-bond acceptors (Lipinski definition) is 2. The fourth-order valence-electron chi connectivity index (χ4n) is 1.90. The van der Waals surface area contributed by atoms with Gasteiger partial charge in [-0.2, -0.15) is 0 Å². The van der Waals surface area contributed by atoms with Crippen molar-refractivity contribution in [1.82, 2.24) is 4.98 Å². The van der Waals surface area contributed by atoms with Crippen LogP contribution in [0.3, 0.4) is 0 Å². The fourth-order valence-corrected chi connectivity index (χ4v) is 1.90. The first-order valence-electron chi connectivity index (χ1n) is 6.08. The summed E-state index contributed by atoms with van der Waals surface area (Å²) in [6.45, 7) is 0. The minimum atomic E-state index is -0.526. The van der Waals surface area contributed by atoms with E-state index < -0.39 is 6.10 Å². The van der Waals surface area contributed by atoms with Gasteiger partial charge in [-0.05, 0) is 48.6 Å². The predicted molar refractivity (Wildman–Crippen MR) is 68.5 cm³/mol. The molecule has 0 amide bonds. The number of aliphatic hydroxyl groups excluding tert-OH is 1. The van der Waals surface area contributed by atoms with Crippen molar-refractivity contribution in [3.05, 3.63) is 65.7 Å². The summed E-state index contributed by atoms with van der Waals surface area (Å²) >= 11 is 0. The van der Waals surface area contributed by atoms with Crippen molar-refractivity contribution in [3.63, 3.8) is 0 Å². The molecule has 0 aliphatic carbocycles. The monoisotopic (exact) mass is 245 g/mol. The van der Waals surface area contributed by atoms with Crippen molar-refractivity contribution < 1.29 is 9.50 Å². The summed E-state index contributed by atoms with van der Waals surface area (Å²) in [5, 5.41) is 9.95. The molecule has 1 N–H and O–H groups in total. The Balaban J connectivity index is 1.81. The van der Waals surface area contributed by atoms with Crippen LogP contribution in [0, 0.1) is 5.82 Å². The van der Waals surface area contributed by atoms with Gasteiger partial charge in [0, 0.05) is 12.4 Å². The summed E-state index contributed by atoms with van der Waals surface area (Å²) in [5.74, 6) is -0.277. The molecule has 1 atom stereocenters. The molecule has 1 heterocycles. The molecule has 1 unspecified atom stereocenters. The van der Waals surface area contributed by atoms with Gasteiger partial charge in [0.2, 0.25) is 0 Å². The summed E-state index contributed by atoms with van der Waals surface area (Å²) in [4.78, 5) is 4.05. The minimum absolute atomic E-state index is 0.277. The zero-order chi connectivity index (χ0) is 12.8. The Bertz CT molecular complexity index is 470. The number of aliphatic hydroxyl groups is 1. The van der Waals surface area contributed by atoms with Crippen molar-refractivity contribution in [2.24, 2.45) is 0 Å². The molecule has 2 rings (SSSR count). The predicted octanol–water partition coefficient (Wildman–Crippen LogP) is 3.28. The maximum absolute atomic E-state index is 12.7. The number of aryl methyl sites for hydroxylation is 1. The average molecular weight is 245 g/mol. The number of aromatic nitrogens is 1. The maximum Gasteiger partial charge on any atom is 0.123 e. The topological polar surface area (TPSA) is 33.1 Å². The second-order valence-corrected chi connectivity index (χ2v) is 4.32. The van der Waals surface area contributed by atoms with Crippen molar-refractivity contribution in [2.75, 3.05) is 0 Å². The van der Waals surface area contributed by atoms with Gasteiger partial charge in [-0.3, -0.25) is 4.98 Å². The van der Waals surface area contributed by atoms with Crippen LogP contribution in [0.4, 0.5) is 4.39 Å². The van der Waals surface area contributed by atoms with Crippen LogP contribution < -0.4 is 0 Å². The zero-order valence-corrected chi connectivity index (χ0v) is 10.1. The quantitative estimate of drug-likeness (QED) is 0.877. The SMILES string of the molecule is OC(CCCc1cccnc1)c1ccc(F)cc1. The molecule has 0 aliphatic heterocycles. The van der Waals surface area contributed by atoms with E-state index >= 15 is 0 Å². The van der Waals surface area contributed by atoms with Gasteiger partial charge in [-0.25, -0.2) is 4.39 Å². The largest absolute Gasteiger partial charge is 0.388 e. The van der Waals surface area contributed by atoms with E-state index in [-0.39, 0.29) is 5.82 Å². The highest BCUT2D eigenvalue weighted by molar-refractivity contribution is 5.18. The standard InChI is InChI=1S/C15H16FNO/c16-14-8-6-13(7-9-14)15(18)5-1-3-12-4-2-10-17-11-12/h2,4,6-11,15,18H,1,3,5H2. The molecule has 3 heteroatoms. The zero-order valence-electron chi connectivity index (χ0n) is 10.1. The Kier molecular flexibility index (Phi) is 4.42. The summed E-state index contributed by atoms with van der Waals surface area (Å²) in [6, 6.07) is 9.94. The molecule has 0 radical (unpaired) electrons. The molecule has 18 heavy (non-hydrogen) atoms. The first-order chi connectivity index (χ1) is 8.75. The van der Waals surface area contributed by atoms with Crippen LogP contribution in [-0.4, -0.2) is 10.1 Å². The molecule has 0 spiro atoms. The minimum Gasteiger partial charge on any atom is -0.388 e. The van der Waals surface area contributed by atoms with Gasteiger partial charge in [0.15, 0.2) is 0 Å². The van der Waals surface area contributed by atoms with E-state index in [9.17, 15) is 9.50 Å². The molecule has 0 saturated heterocycles. The van der Waals surface area contributed by atoms with Crippen molar-refractivity contribution in [3.8, 4) is 0 Å². The van der Waals surface area contributed by atoms with Crippen molar-refractivity contribution in [1.29, 1.82) is 0 Å². The van der Waals surface area contributed by atoms with E-state index in [0.717, 1.165) is 18.4 Å². The van der Waals surface area contributed by atoms with Crippen molar-refractivity contribution >= 4 is 0 Å². The van der Waals surface area contributed by atoms with Gasteiger partial charge in [0.25, 0.3) is 0 Å². The first-order valence-corrected chi connectivity index (χ1v) is 6.08. The van der Waals surface area contributed by atoms with Crippen LogP contribution >= 0.6 is 0 Å². The van der Waals surface area contributed by atoms with Gasteiger partial charge < -0.3 is 5.11 Å². The average Bonchev–Trinajstić information content (AvgIpc) is 2.40. The van der Waals surface area contributed by atoms with E-state index in [0.29, 0.717) is 6.42 Å². The smallest absolute Gasteiger partial charge is 0.123 e. The second kappa shape index (κ2) is 6.26. The normalized spacial score (nSPS) is 12.3. The third kappa shape index (κ3) is 3.64. The van der Waals surface area contributed by atoms with Gasteiger partial charge in [0.05, 0.1) is 6.10 Å². The Hall–Kier alpha value is -1.74. The van der Waals surface area contributed by atoms with Crippen LogP contribution in [0.15, 0.2) is 48.8 Å². The van der Waals surface area contributed by atoms with E-state index in [1.165, 1.54) is 17.7 Å². The molecule has 2 aromatic rings. The Labute approximate surface area is 106 Å². The lowest BCUT2D eigenvalue weighted by molar-refractivity contribution is 0.164. The lowest BCUT2D eigenvalue weighted by Gasteiger charge is -2.10. The van der Waals surface area contributed by atoms with Gasteiger partial charge >= 0.3 is 0 Å². The number of halogens is 1. The lowest BCUT2D eigenvalue weighted by Crippen LogP contribution is -1.98. The van der Waals surface area contributed by atoms with E-state index in [1.54, 1.807) is 18.3 Å². The summed E-state index contributed by atoms with van der Waals surface area (Å²) in [5.41, 5.74) is 1.94. The number of hydrogen-bond donors (Lipinski definition) is 1. The molecule has 0 bridgehead atoms. The van der Waals surface area contributed by atoms with Crippen LogP contribution in [0.5, 0.6) is 0 Å². The number of benzene rings is 1. The molecule has 94 valence electrons. The molecule has 1 aromatic carbocycles. The number of nitrogens with zero attached hydrogens (tertiary/aromatic N) is 1. The van der Waals surface area contributed by atoms with Crippen molar-refractivity contribution in [2.45, 2.75) is 25.4 Å². The third-order valence-corrected chi connectivity index (χ3v) is 2.92. The van der Waals surface area contributed by atoms with Gasteiger partial charge in [-0.1, -0.05) is 18.2 Å². The highest BCUT2D eigenvalue weighted by atomic mass is 19.1. The molecule has 0 fully saturated rings. The highest BCUT2D eigenvalue weighted by Gasteiger charge is 2.07. The molecule has 0 saturated carbocycles. The number of rotatable bonds is 5. The first kappa shape index (κ1) is 12.7.